The second-order valence-corrected chi connectivity index (χ2v) is 7.51. The molecule has 0 spiro atoms. The molecule has 1 nitrogen and oxygen atoms in total. The molecule has 0 radical (unpaired) electrons. The molecule has 3 aromatic rings. The third-order valence-corrected chi connectivity index (χ3v) is 5.02. The van der Waals surface area contributed by atoms with Crippen molar-refractivity contribution in [3.8, 4) is 0 Å². The van der Waals surface area contributed by atoms with Crippen LogP contribution in [-0.2, 0) is 0 Å². The second kappa shape index (κ2) is 13.8. The van der Waals surface area contributed by atoms with Crippen molar-refractivity contribution in [3.63, 3.8) is 0 Å². The van der Waals surface area contributed by atoms with Gasteiger partial charge < -0.3 is 4.90 Å². The molecule has 0 saturated heterocycles. The van der Waals surface area contributed by atoms with Crippen LogP contribution in [0.4, 0.5) is 0 Å². The maximum atomic E-state index is 2.54. The second-order valence-electron chi connectivity index (χ2n) is 7.51. The number of hydrogen-bond acceptors (Lipinski definition) is 1. The van der Waals surface area contributed by atoms with Crippen LogP contribution in [0.15, 0.2) is 91.0 Å². The summed E-state index contributed by atoms with van der Waals surface area (Å²) in [4.78, 5) is 2.54. The monoisotopic (exact) mass is 385 g/mol. The molecular formula is C27H36BN. The van der Waals surface area contributed by atoms with Gasteiger partial charge in [0.05, 0.1) is 0 Å². The summed E-state index contributed by atoms with van der Waals surface area (Å²) in [6.07, 6.45) is 3.88. The minimum Gasteiger partial charge on any atom is -0.303 e. The molecule has 0 heterocycles. The smallest absolute Gasteiger partial charge is 0.241 e. The van der Waals surface area contributed by atoms with Gasteiger partial charge in [0.15, 0.2) is 0 Å². The molecule has 29 heavy (non-hydrogen) atoms. The number of rotatable bonds is 9. The summed E-state index contributed by atoms with van der Waals surface area (Å²) in [5, 5.41) is 0. The highest BCUT2D eigenvalue weighted by atomic mass is 15.1. The van der Waals surface area contributed by atoms with Gasteiger partial charge >= 0.3 is 0 Å². The van der Waals surface area contributed by atoms with Crippen LogP contribution in [0.25, 0.3) is 0 Å². The van der Waals surface area contributed by atoms with E-state index in [4.69, 9.17) is 0 Å². The van der Waals surface area contributed by atoms with Crippen molar-refractivity contribution in [1.29, 1.82) is 0 Å². The zero-order valence-corrected chi connectivity index (χ0v) is 18.4. The lowest BCUT2D eigenvalue weighted by molar-refractivity contribution is 0.275. The minimum atomic E-state index is 0.309. The van der Waals surface area contributed by atoms with E-state index >= 15 is 0 Å². The van der Waals surface area contributed by atoms with E-state index in [0.717, 1.165) is 0 Å². The van der Waals surface area contributed by atoms with Crippen LogP contribution in [0.5, 0.6) is 0 Å². The molecule has 0 aliphatic rings. The molecule has 3 rings (SSSR count). The van der Waals surface area contributed by atoms with E-state index in [0.29, 0.717) is 6.71 Å². The first kappa shape index (κ1) is 23.0. The molecule has 0 unspecified atom stereocenters. The van der Waals surface area contributed by atoms with E-state index < -0.39 is 0 Å². The average Bonchev–Trinajstić information content (AvgIpc) is 2.77. The molecule has 2 heteroatoms. The van der Waals surface area contributed by atoms with Crippen LogP contribution < -0.4 is 16.4 Å². The predicted molar refractivity (Wildman–Crippen MR) is 131 cm³/mol. The van der Waals surface area contributed by atoms with Crippen LogP contribution >= 0.6 is 0 Å². The third-order valence-electron chi connectivity index (χ3n) is 5.02. The van der Waals surface area contributed by atoms with Crippen LogP contribution in [0, 0.1) is 0 Å². The Balaban J connectivity index is 0.000000257. The van der Waals surface area contributed by atoms with E-state index in [1.165, 1.54) is 55.3 Å². The van der Waals surface area contributed by atoms with Crippen LogP contribution in [0.1, 0.15) is 40.0 Å². The van der Waals surface area contributed by atoms with Gasteiger partial charge in [-0.15, -0.1) is 0 Å². The van der Waals surface area contributed by atoms with Gasteiger partial charge in [0.25, 0.3) is 0 Å². The fraction of sp³-hybridized carbons (Fsp3) is 0.333. The highest BCUT2D eigenvalue weighted by Crippen LogP contribution is 1.96. The molecule has 0 atom stereocenters. The topological polar surface area (TPSA) is 3.24 Å². The lowest BCUT2D eigenvalue weighted by atomic mass is 9.37. The Morgan fingerprint density at radius 1 is 0.483 bits per heavy atom. The first-order valence-electron chi connectivity index (χ1n) is 11.2. The van der Waals surface area contributed by atoms with Crippen molar-refractivity contribution in [2.75, 3.05) is 19.6 Å². The molecule has 152 valence electrons. The zero-order chi connectivity index (χ0) is 20.7. The maximum Gasteiger partial charge on any atom is 0.241 e. The minimum absolute atomic E-state index is 0.309. The summed E-state index contributed by atoms with van der Waals surface area (Å²) in [5.41, 5.74) is 4.00. The van der Waals surface area contributed by atoms with Crippen LogP contribution in [0.2, 0.25) is 0 Å². The lowest BCUT2D eigenvalue weighted by Crippen LogP contribution is -2.51. The zero-order valence-electron chi connectivity index (χ0n) is 18.4. The van der Waals surface area contributed by atoms with Gasteiger partial charge in [-0.3, -0.25) is 0 Å². The number of hydrogen-bond donors (Lipinski definition) is 0. The van der Waals surface area contributed by atoms with Crippen LogP contribution in [0.3, 0.4) is 0 Å². The summed E-state index contributed by atoms with van der Waals surface area (Å²) in [5.74, 6) is 0. The van der Waals surface area contributed by atoms with Crippen molar-refractivity contribution < 1.29 is 0 Å². The van der Waals surface area contributed by atoms with Crippen LogP contribution in [-0.4, -0.2) is 31.2 Å². The molecule has 0 bridgehead atoms. The Hall–Kier alpha value is -2.32. The summed E-state index contributed by atoms with van der Waals surface area (Å²) in [6, 6.07) is 32.0. The predicted octanol–water partition coefficient (Wildman–Crippen LogP) is 4.72. The largest absolute Gasteiger partial charge is 0.303 e. The van der Waals surface area contributed by atoms with Crippen molar-refractivity contribution in [3.05, 3.63) is 91.0 Å². The molecule has 0 aromatic heterocycles. The van der Waals surface area contributed by atoms with Gasteiger partial charge in [-0.25, -0.2) is 0 Å². The maximum absolute atomic E-state index is 2.54. The summed E-state index contributed by atoms with van der Waals surface area (Å²) in [6.45, 7) is 10.9. The molecule has 0 N–H and O–H groups in total. The molecule has 0 aliphatic carbocycles. The Bertz CT molecular complexity index is 650. The lowest BCUT2D eigenvalue weighted by Gasteiger charge is -2.19. The van der Waals surface area contributed by atoms with E-state index in [1.54, 1.807) is 0 Å². The van der Waals surface area contributed by atoms with E-state index in [-0.39, 0.29) is 0 Å². The molecule has 0 amide bonds. The average molecular weight is 385 g/mol. The van der Waals surface area contributed by atoms with Gasteiger partial charge in [-0.1, -0.05) is 128 Å². The quantitative estimate of drug-likeness (QED) is 0.482. The third kappa shape index (κ3) is 7.91. The fourth-order valence-corrected chi connectivity index (χ4v) is 3.80. The number of nitrogens with zero attached hydrogens (tertiary/aromatic N) is 1. The van der Waals surface area contributed by atoms with Gasteiger partial charge in [0.1, 0.15) is 0 Å². The summed E-state index contributed by atoms with van der Waals surface area (Å²) in [7, 11) is 0. The Kier molecular flexibility index (Phi) is 10.9. The highest BCUT2D eigenvalue weighted by molar-refractivity contribution is 6.95. The van der Waals surface area contributed by atoms with Crippen molar-refractivity contribution in [2.24, 2.45) is 0 Å². The number of benzene rings is 3. The first-order valence-corrected chi connectivity index (χ1v) is 11.2. The molecule has 0 saturated carbocycles. The Morgan fingerprint density at radius 2 is 0.759 bits per heavy atom. The normalized spacial score (nSPS) is 10.3. The SMILES string of the molecule is CCCN(CCC)CCC.c1ccc(B(c2ccccc2)c2ccccc2)cc1. The van der Waals surface area contributed by atoms with Gasteiger partial charge in [0, 0.05) is 0 Å². The molecule has 3 aromatic carbocycles. The Labute approximate surface area is 178 Å². The molecule has 0 fully saturated rings. The van der Waals surface area contributed by atoms with Gasteiger partial charge in [0.2, 0.25) is 6.71 Å². The highest BCUT2D eigenvalue weighted by Gasteiger charge is 2.20. The summed E-state index contributed by atoms with van der Waals surface area (Å²) >= 11 is 0. The Morgan fingerprint density at radius 3 is 1.00 bits per heavy atom. The van der Waals surface area contributed by atoms with E-state index in [2.05, 4.69) is 117 Å². The van der Waals surface area contributed by atoms with Gasteiger partial charge in [-0.05, 0) is 38.9 Å². The molecular weight excluding hydrogens is 349 g/mol. The van der Waals surface area contributed by atoms with Crippen molar-refractivity contribution in [1.82, 2.24) is 4.90 Å². The summed E-state index contributed by atoms with van der Waals surface area (Å²) < 4.78 is 0. The van der Waals surface area contributed by atoms with Gasteiger partial charge in [-0.2, -0.15) is 0 Å². The fourth-order valence-electron chi connectivity index (χ4n) is 3.80. The van der Waals surface area contributed by atoms with Crippen molar-refractivity contribution >= 4 is 23.1 Å². The van der Waals surface area contributed by atoms with E-state index in [9.17, 15) is 0 Å². The van der Waals surface area contributed by atoms with Crippen molar-refractivity contribution in [2.45, 2.75) is 40.0 Å². The molecule has 0 aliphatic heterocycles. The first-order chi connectivity index (χ1) is 14.3. The standard InChI is InChI=1S/C18H15B.C9H21N/c1-4-10-16(11-5-1)19(17-12-6-2-7-13-17)18-14-8-3-9-15-18;1-4-7-10(8-5-2)9-6-3/h1-15H;4-9H2,1-3H3. The van der Waals surface area contributed by atoms with E-state index in [1.807, 2.05) is 0 Å².